The predicted octanol–water partition coefficient (Wildman–Crippen LogP) is 21.3. The van der Waals surface area contributed by atoms with E-state index < -0.39 is 0 Å². The third kappa shape index (κ3) is 9.31. The van der Waals surface area contributed by atoms with Crippen LogP contribution in [0.15, 0.2) is 44.3 Å². The molecule has 0 bridgehead atoms. The van der Waals surface area contributed by atoms with Gasteiger partial charge < -0.3 is 0 Å². The Kier molecular flexibility index (Phi) is 15.3. The molecule has 9 aromatic heterocycles. The van der Waals surface area contributed by atoms with Gasteiger partial charge in [0.05, 0.1) is 0 Å². The minimum Gasteiger partial charge on any atom is -0.0654 e. The molecule has 0 radical (unpaired) electrons. The summed E-state index contributed by atoms with van der Waals surface area (Å²) in [4.78, 5) is 11.0. The van der Waals surface area contributed by atoms with E-state index in [4.69, 9.17) is 16.7 Å². The molecule has 0 saturated heterocycles. The minimum absolute atomic E-state index is 0.219. The van der Waals surface area contributed by atoms with E-state index in [0.29, 0.717) is 0 Å². The van der Waals surface area contributed by atoms with Gasteiger partial charge in [-0.25, -0.2) is 0 Å². The Balaban J connectivity index is 0.938. The van der Waals surface area contributed by atoms with E-state index in [1.165, 1.54) is 209 Å². The molecule has 1 aliphatic heterocycles. The van der Waals surface area contributed by atoms with Gasteiger partial charge in [-0.3, -0.25) is 0 Å². The molecule has 14 heteroatoms. The number of hydrogen-bond acceptors (Lipinski definition) is 11. The Bertz CT molecular complexity index is 3320. The van der Waals surface area contributed by atoms with Crippen molar-refractivity contribution in [3.05, 3.63) is 57.3 Å². The van der Waals surface area contributed by atoms with E-state index in [-0.39, 0.29) is 14.6 Å². The van der Waals surface area contributed by atoms with Crippen LogP contribution in [-0.4, -0.2) is 32.4 Å². The van der Waals surface area contributed by atoms with Crippen LogP contribution in [0.4, 0.5) is 11.4 Å². The number of aryl methyl sites for hydroxylation is 6. The second-order valence-corrected chi connectivity index (χ2v) is 27.6. The van der Waals surface area contributed by atoms with Gasteiger partial charge in [-0.2, -0.15) is 0 Å². The van der Waals surface area contributed by atoms with Gasteiger partial charge >= 0.3 is 321 Å². The van der Waals surface area contributed by atoms with Crippen molar-refractivity contribution in [1.82, 2.24) is 17.9 Å². The van der Waals surface area contributed by atoms with E-state index >= 15 is 0 Å². The summed E-state index contributed by atoms with van der Waals surface area (Å²) in [5.41, 5.74) is 14.5. The first kappa shape index (κ1) is 49.2. The van der Waals surface area contributed by atoms with E-state index in [0.717, 1.165) is 46.6 Å². The zero-order valence-corrected chi connectivity index (χ0v) is 49.0. The molecule has 0 aliphatic carbocycles. The van der Waals surface area contributed by atoms with E-state index in [2.05, 4.69) is 87.1 Å². The Morgan fingerprint density at radius 2 is 0.829 bits per heavy atom. The third-order valence-corrected chi connectivity index (χ3v) is 23.7. The van der Waals surface area contributed by atoms with Crippen LogP contribution >= 0.6 is 79.7 Å². The molecule has 11 rings (SSSR count). The molecule has 0 amide bonds. The van der Waals surface area contributed by atoms with Crippen molar-refractivity contribution in [3.63, 3.8) is 0 Å². The molecular formula is C56H64N6S7Se. The molecule has 366 valence electrons. The monoisotopic (exact) mass is 1120 g/mol. The van der Waals surface area contributed by atoms with Gasteiger partial charge in [0, 0.05) is 0 Å². The molecule has 0 N–H and O–H groups in total. The third-order valence-electron chi connectivity index (χ3n) is 14.3. The molecule has 0 saturated carbocycles. The summed E-state index contributed by atoms with van der Waals surface area (Å²) >= 11 is 13.0. The number of benzene rings is 1. The fourth-order valence-electron chi connectivity index (χ4n) is 10.6. The minimum atomic E-state index is -0.219. The Labute approximate surface area is 447 Å². The average molecular weight is 1120 g/mol. The van der Waals surface area contributed by atoms with Crippen LogP contribution in [0.25, 0.3) is 92.3 Å². The van der Waals surface area contributed by atoms with Crippen molar-refractivity contribution in [2.45, 2.75) is 170 Å². The average Bonchev–Trinajstić information content (AvgIpc) is 4.21. The van der Waals surface area contributed by atoms with E-state index in [1.807, 2.05) is 68.0 Å². The van der Waals surface area contributed by atoms with Crippen LogP contribution in [0.2, 0.25) is 0 Å². The Morgan fingerprint density at radius 1 is 0.429 bits per heavy atom. The molecule has 6 nitrogen and oxygen atoms in total. The number of aromatic nitrogens is 4. The number of thiophene rings is 6. The number of nitrogens with zero attached hydrogens (tertiary/aromatic N) is 6. The second-order valence-electron chi connectivity index (χ2n) is 19.5. The van der Waals surface area contributed by atoms with Crippen molar-refractivity contribution < 1.29 is 0 Å². The summed E-state index contributed by atoms with van der Waals surface area (Å²) < 4.78 is 31.8. The Morgan fingerprint density at radius 3 is 1.26 bits per heavy atom. The van der Waals surface area contributed by atoms with Crippen LogP contribution in [0.5, 0.6) is 0 Å². The maximum absolute atomic E-state index is 5.21. The number of fused-ring (bicyclic) bond motifs is 8. The van der Waals surface area contributed by atoms with E-state index in [9.17, 15) is 0 Å². The second kappa shape index (κ2) is 21.8. The van der Waals surface area contributed by atoms with Gasteiger partial charge in [0.2, 0.25) is 0 Å². The summed E-state index contributed by atoms with van der Waals surface area (Å²) in [5.74, 6) is 0. The van der Waals surface area contributed by atoms with Crippen molar-refractivity contribution >= 4 is 158 Å². The number of rotatable bonds is 24. The van der Waals surface area contributed by atoms with Gasteiger partial charge in [0.1, 0.15) is 0 Å². The smallest absolute Gasteiger partial charge is 0.0654 e. The fraction of sp³-hybridized carbons (Fsp3) is 0.464. The molecule has 0 atom stereocenters. The van der Waals surface area contributed by atoms with Crippen molar-refractivity contribution in [3.8, 4) is 40.4 Å². The molecule has 1 aliphatic rings. The van der Waals surface area contributed by atoms with E-state index in [1.54, 1.807) is 9.75 Å². The molecule has 0 fully saturated rings. The SMILES string of the molecule is CCCCCCc1cc2c(s1)c1sc(-c3sc(-c4c5c(c(-c6cc(C)c(-c7cc8c(s7)c7sc(CCCCCC)cc7n8CCCCCC)s6)c6nsnc46)N=[Se]=N5)cc3C)cc1n2CCCCCC. The molecule has 70 heavy (non-hydrogen) atoms. The quantitative estimate of drug-likeness (QED) is 0.0447. The van der Waals surface area contributed by atoms with Gasteiger partial charge in [0.15, 0.2) is 0 Å². The standard InChI is InChI=1S/C56H64N6S7Se/c1-7-11-15-19-23-35-29-37-53(63-35)55-39(61(37)25-21-17-13-9-3)31-43(67-55)51-33(5)27-41(65-51)45-47-48(58-69-57-47)46(50-49(45)59-70-60-50)42-28-34(6)52(66-42)44-32-40-56(68-44)54-38(62(40)26-22-18-14-10-4)30-36(64-54)24-20-16-12-8-2/h27-32H,7-26H2,1-6H3. The molecule has 1 aromatic carbocycles. The predicted molar refractivity (Wildman–Crippen MR) is 316 cm³/mol. The van der Waals surface area contributed by atoms with Crippen molar-refractivity contribution in [2.75, 3.05) is 0 Å². The molecular weight excluding hydrogens is 1060 g/mol. The summed E-state index contributed by atoms with van der Waals surface area (Å²) in [6.07, 6.45) is 23.0. The Hall–Kier alpha value is -3.04. The summed E-state index contributed by atoms with van der Waals surface area (Å²) in [5, 5.41) is 0. The summed E-state index contributed by atoms with van der Waals surface area (Å²) in [6.45, 7) is 16.0. The summed E-state index contributed by atoms with van der Waals surface area (Å²) in [6, 6.07) is 14.8. The van der Waals surface area contributed by atoms with Gasteiger partial charge in [-0.1, -0.05) is 105 Å². The molecule has 0 spiro atoms. The number of hydrogen-bond donors (Lipinski definition) is 0. The van der Waals surface area contributed by atoms with Crippen LogP contribution in [-0.2, 0) is 25.9 Å². The van der Waals surface area contributed by atoms with Crippen molar-refractivity contribution in [2.24, 2.45) is 7.92 Å². The topological polar surface area (TPSA) is 60.4 Å². The normalized spacial score (nSPS) is 12.8. The maximum atomic E-state index is 5.21. The van der Waals surface area contributed by atoms with Crippen LogP contribution < -0.4 is 0 Å². The zero-order chi connectivity index (χ0) is 47.9. The van der Waals surface area contributed by atoms with Crippen LogP contribution in [0.1, 0.15) is 151 Å². The van der Waals surface area contributed by atoms with Crippen LogP contribution in [0, 0.1) is 13.8 Å². The number of unbranched alkanes of at least 4 members (excludes halogenated alkanes) is 12. The molecule has 10 aromatic rings. The van der Waals surface area contributed by atoms with Crippen molar-refractivity contribution in [1.29, 1.82) is 0 Å². The molecule has 10 heterocycles. The van der Waals surface area contributed by atoms with Gasteiger partial charge in [-0.15, -0.1) is 0 Å². The van der Waals surface area contributed by atoms with Crippen LogP contribution in [0.3, 0.4) is 0 Å². The van der Waals surface area contributed by atoms with Gasteiger partial charge in [0.25, 0.3) is 0 Å². The molecule has 0 unspecified atom stereocenters. The first-order chi connectivity index (χ1) is 34.4. The fourth-order valence-corrected chi connectivity index (χ4v) is 20.1. The first-order valence-electron chi connectivity index (χ1n) is 26.1. The van der Waals surface area contributed by atoms with Gasteiger partial charge in [-0.05, 0) is 25.7 Å². The first-order valence-corrected chi connectivity index (χ1v) is 33.3. The zero-order valence-electron chi connectivity index (χ0n) is 41.6. The summed E-state index contributed by atoms with van der Waals surface area (Å²) in [7, 11) is 0.